The molecule has 6 heteroatoms. The summed E-state index contributed by atoms with van der Waals surface area (Å²) in [7, 11) is 0. The van der Waals surface area contributed by atoms with Crippen LogP contribution in [0, 0.1) is 6.92 Å². The Bertz CT molecular complexity index is 733. The van der Waals surface area contributed by atoms with E-state index >= 15 is 0 Å². The van der Waals surface area contributed by atoms with Crippen molar-refractivity contribution in [2.45, 2.75) is 13.8 Å². The molecule has 0 saturated carbocycles. The Morgan fingerprint density at radius 1 is 1.17 bits per heavy atom. The van der Waals surface area contributed by atoms with Crippen LogP contribution in [0.15, 0.2) is 29.8 Å². The molecule has 2 aromatic heterocycles. The molecule has 3 rings (SSSR count). The average molecular weight is 329 g/mol. The van der Waals surface area contributed by atoms with Crippen LogP contribution in [0.2, 0.25) is 0 Å². The van der Waals surface area contributed by atoms with Crippen molar-refractivity contribution in [1.29, 1.82) is 0 Å². The van der Waals surface area contributed by atoms with Gasteiger partial charge in [-0.15, -0.1) is 11.3 Å². The van der Waals surface area contributed by atoms with Gasteiger partial charge in [0.25, 0.3) is 5.91 Å². The van der Waals surface area contributed by atoms with Gasteiger partial charge in [0.2, 0.25) is 0 Å². The number of anilines is 1. The summed E-state index contributed by atoms with van der Waals surface area (Å²) in [6.07, 6.45) is 1.82. The third-order valence-electron chi connectivity index (χ3n) is 4.01. The minimum atomic E-state index is -0.00404. The van der Waals surface area contributed by atoms with Crippen LogP contribution in [0.25, 0.3) is 0 Å². The highest BCUT2D eigenvalue weighted by Gasteiger charge is 2.24. The van der Waals surface area contributed by atoms with E-state index in [-0.39, 0.29) is 11.7 Å². The second-order valence-electron chi connectivity index (χ2n) is 5.73. The number of thiophene rings is 1. The molecule has 1 aliphatic rings. The lowest BCUT2D eigenvalue weighted by atomic mass is 10.2. The van der Waals surface area contributed by atoms with Crippen molar-refractivity contribution < 1.29 is 9.59 Å². The summed E-state index contributed by atoms with van der Waals surface area (Å²) in [5.41, 5.74) is 1.80. The first kappa shape index (κ1) is 15.7. The van der Waals surface area contributed by atoms with E-state index < -0.39 is 0 Å². The van der Waals surface area contributed by atoms with Crippen LogP contribution >= 0.6 is 11.3 Å². The fourth-order valence-corrected chi connectivity index (χ4v) is 3.53. The van der Waals surface area contributed by atoms with Crippen LogP contribution in [0.5, 0.6) is 0 Å². The SMILES string of the molecule is CC(=O)c1csc(C(=O)N2CCN(c3cc(C)ccn3)CC2)c1. The Balaban J connectivity index is 1.64. The van der Waals surface area contributed by atoms with E-state index in [9.17, 15) is 9.59 Å². The van der Waals surface area contributed by atoms with Crippen LogP contribution in [-0.4, -0.2) is 47.8 Å². The largest absolute Gasteiger partial charge is 0.353 e. The molecule has 2 aromatic rings. The number of ketones is 1. The molecule has 120 valence electrons. The van der Waals surface area contributed by atoms with E-state index in [1.807, 2.05) is 24.1 Å². The first-order chi connectivity index (χ1) is 11.0. The van der Waals surface area contributed by atoms with Crippen LogP contribution in [-0.2, 0) is 0 Å². The van der Waals surface area contributed by atoms with Gasteiger partial charge in [-0.3, -0.25) is 9.59 Å². The fourth-order valence-electron chi connectivity index (χ4n) is 2.62. The van der Waals surface area contributed by atoms with Gasteiger partial charge in [-0.2, -0.15) is 0 Å². The van der Waals surface area contributed by atoms with Crippen molar-refractivity contribution in [2.24, 2.45) is 0 Å². The molecule has 1 aliphatic heterocycles. The number of Topliss-reactive ketones (excluding diaryl/α,β-unsaturated/α-hetero) is 1. The third-order valence-corrected chi connectivity index (χ3v) is 4.93. The lowest BCUT2D eigenvalue weighted by Gasteiger charge is -2.35. The number of aryl methyl sites for hydroxylation is 1. The summed E-state index contributed by atoms with van der Waals surface area (Å²) in [5.74, 6) is 0.974. The summed E-state index contributed by atoms with van der Waals surface area (Å²) in [6, 6.07) is 5.74. The molecule has 0 aromatic carbocycles. The Kier molecular flexibility index (Phi) is 4.43. The molecule has 0 atom stereocenters. The number of rotatable bonds is 3. The number of carbonyl (C=O) groups excluding carboxylic acids is 2. The number of aromatic nitrogens is 1. The second kappa shape index (κ2) is 6.50. The normalized spacial score (nSPS) is 14.9. The number of amides is 1. The smallest absolute Gasteiger partial charge is 0.264 e. The van der Waals surface area contributed by atoms with Crippen LogP contribution in [0.1, 0.15) is 32.5 Å². The van der Waals surface area contributed by atoms with Gasteiger partial charge in [0.15, 0.2) is 5.78 Å². The number of hydrogen-bond acceptors (Lipinski definition) is 5. The van der Waals surface area contributed by atoms with E-state index in [1.165, 1.54) is 23.8 Å². The molecular formula is C17H19N3O2S. The molecule has 0 N–H and O–H groups in total. The summed E-state index contributed by atoms with van der Waals surface area (Å²) in [4.78, 5) is 33.0. The van der Waals surface area contributed by atoms with E-state index in [1.54, 1.807) is 11.4 Å². The lowest BCUT2D eigenvalue weighted by Crippen LogP contribution is -2.48. The number of carbonyl (C=O) groups is 2. The van der Waals surface area contributed by atoms with E-state index in [4.69, 9.17) is 0 Å². The molecule has 0 radical (unpaired) electrons. The van der Waals surface area contributed by atoms with Crippen molar-refractivity contribution in [1.82, 2.24) is 9.88 Å². The molecule has 0 spiro atoms. The number of pyridine rings is 1. The molecule has 3 heterocycles. The maximum Gasteiger partial charge on any atom is 0.264 e. The second-order valence-corrected chi connectivity index (χ2v) is 6.64. The Morgan fingerprint density at radius 3 is 2.52 bits per heavy atom. The molecule has 1 fully saturated rings. The average Bonchev–Trinajstić information content (AvgIpc) is 3.04. The number of nitrogens with zero attached hydrogens (tertiary/aromatic N) is 3. The molecule has 5 nitrogen and oxygen atoms in total. The minimum absolute atomic E-state index is 0.00404. The summed E-state index contributed by atoms with van der Waals surface area (Å²) >= 11 is 1.34. The van der Waals surface area contributed by atoms with Crippen molar-refractivity contribution >= 4 is 28.8 Å². The van der Waals surface area contributed by atoms with Crippen LogP contribution < -0.4 is 4.90 Å². The highest BCUT2D eigenvalue weighted by atomic mass is 32.1. The molecule has 23 heavy (non-hydrogen) atoms. The molecule has 0 unspecified atom stereocenters. The van der Waals surface area contributed by atoms with Crippen LogP contribution in [0.3, 0.4) is 0 Å². The van der Waals surface area contributed by atoms with Gasteiger partial charge in [0, 0.05) is 43.3 Å². The predicted molar refractivity (Wildman–Crippen MR) is 91.4 cm³/mol. The van der Waals surface area contributed by atoms with E-state index in [0.717, 1.165) is 18.9 Å². The Morgan fingerprint density at radius 2 is 1.91 bits per heavy atom. The standard InChI is InChI=1S/C17H19N3O2S/c1-12-3-4-18-16(9-12)19-5-7-20(8-6-19)17(22)15-10-14(11-23-15)13(2)21/h3-4,9-11H,5-8H2,1-2H3. The first-order valence-corrected chi connectivity index (χ1v) is 8.49. The van der Waals surface area contributed by atoms with Crippen molar-refractivity contribution in [3.8, 4) is 0 Å². The third kappa shape index (κ3) is 3.42. The highest BCUT2D eigenvalue weighted by Crippen LogP contribution is 2.20. The lowest BCUT2D eigenvalue weighted by molar-refractivity contribution is 0.0751. The topological polar surface area (TPSA) is 53.5 Å². The monoisotopic (exact) mass is 329 g/mol. The number of hydrogen-bond donors (Lipinski definition) is 0. The Labute approximate surface area is 139 Å². The van der Waals surface area contributed by atoms with Gasteiger partial charge >= 0.3 is 0 Å². The van der Waals surface area contributed by atoms with Gasteiger partial charge in [-0.25, -0.2) is 4.98 Å². The zero-order valence-electron chi connectivity index (χ0n) is 13.3. The zero-order valence-corrected chi connectivity index (χ0v) is 14.1. The molecule has 0 bridgehead atoms. The van der Waals surface area contributed by atoms with Crippen molar-refractivity contribution in [3.05, 3.63) is 45.8 Å². The number of piperazine rings is 1. The van der Waals surface area contributed by atoms with Gasteiger partial charge in [-0.05, 0) is 37.6 Å². The Hall–Kier alpha value is -2.21. The maximum absolute atomic E-state index is 12.5. The van der Waals surface area contributed by atoms with Crippen molar-refractivity contribution in [3.63, 3.8) is 0 Å². The highest BCUT2D eigenvalue weighted by molar-refractivity contribution is 7.12. The van der Waals surface area contributed by atoms with E-state index in [0.29, 0.717) is 23.5 Å². The van der Waals surface area contributed by atoms with Crippen LogP contribution in [0.4, 0.5) is 5.82 Å². The summed E-state index contributed by atoms with van der Waals surface area (Å²) in [5, 5.41) is 1.75. The fraction of sp³-hybridized carbons (Fsp3) is 0.353. The zero-order chi connectivity index (χ0) is 16.4. The predicted octanol–water partition coefficient (Wildman–Crippen LogP) is 2.62. The minimum Gasteiger partial charge on any atom is -0.353 e. The van der Waals surface area contributed by atoms with Crippen molar-refractivity contribution in [2.75, 3.05) is 31.1 Å². The molecular weight excluding hydrogens is 310 g/mol. The molecule has 1 saturated heterocycles. The van der Waals surface area contributed by atoms with E-state index in [2.05, 4.69) is 16.0 Å². The van der Waals surface area contributed by atoms with Gasteiger partial charge < -0.3 is 9.80 Å². The maximum atomic E-state index is 12.5. The molecule has 1 amide bonds. The van der Waals surface area contributed by atoms with Gasteiger partial charge in [-0.1, -0.05) is 0 Å². The van der Waals surface area contributed by atoms with Gasteiger partial charge in [0.1, 0.15) is 5.82 Å². The van der Waals surface area contributed by atoms with Gasteiger partial charge in [0.05, 0.1) is 4.88 Å². The summed E-state index contributed by atoms with van der Waals surface area (Å²) in [6.45, 7) is 6.45. The summed E-state index contributed by atoms with van der Waals surface area (Å²) < 4.78 is 0. The first-order valence-electron chi connectivity index (χ1n) is 7.61. The molecule has 0 aliphatic carbocycles. The quantitative estimate of drug-likeness (QED) is 0.812.